The lowest BCUT2D eigenvalue weighted by Gasteiger charge is -2.31. The number of nitrogens with zero attached hydrogens (tertiary/aromatic N) is 2. The van der Waals surface area contributed by atoms with Crippen LogP contribution in [0.2, 0.25) is 0 Å². The lowest BCUT2D eigenvalue weighted by Crippen LogP contribution is -2.60. The van der Waals surface area contributed by atoms with Crippen molar-refractivity contribution in [3.8, 4) is 0 Å². The third kappa shape index (κ3) is 21.7. The number of aliphatic hydroxyl groups is 1. The van der Waals surface area contributed by atoms with Gasteiger partial charge in [0.05, 0.1) is 12.6 Å². The highest BCUT2D eigenvalue weighted by atomic mass is 16.4. The van der Waals surface area contributed by atoms with Gasteiger partial charge in [0.15, 0.2) is 5.96 Å². The topological polar surface area (TPSA) is 478 Å². The number of carboxylic acid groups (broad SMARTS) is 2. The van der Waals surface area contributed by atoms with Gasteiger partial charge in [-0.3, -0.25) is 52.9 Å². The highest BCUT2D eigenvalue weighted by Gasteiger charge is 2.40. The number of guanidine groups is 1. The Morgan fingerprint density at radius 3 is 1.74 bits per heavy atom. The smallest absolute Gasteiger partial charge is 0.326 e. The first-order valence-electron chi connectivity index (χ1n) is 23.2. The second kappa shape index (κ2) is 31.4. The average molecular weight is 999 g/mol. The highest BCUT2D eigenvalue weighted by Crippen LogP contribution is 2.21. The average Bonchev–Trinajstić information content (AvgIpc) is 3.79. The summed E-state index contributed by atoms with van der Waals surface area (Å²) in [5, 5.41) is 45.3. The minimum absolute atomic E-state index is 0.0885. The maximum Gasteiger partial charge on any atom is 0.326 e. The molecule has 0 spiro atoms. The number of aliphatic hydroxyl groups excluding tert-OH is 1. The first-order chi connectivity index (χ1) is 32.9. The van der Waals surface area contributed by atoms with Gasteiger partial charge in [-0.05, 0) is 84.1 Å². The molecule has 0 unspecified atom stereocenters. The Balaban J connectivity index is 3.26. The minimum Gasteiger partial charge on any atom is -0.481 e. The van der Waals surface area contributed by atoms with E-state index in [0.29, 0.717) is 25.7 Å². The SMILES string of the molecule is CC[C@H](C)[C@H](NC(=O)[C@@H]1CCCN1C(=O)[C@H](CCCN=C(N)N)NC(=O)[C@H](C)N)C(=O)N[C@@H](C)C(=O)N[C@@H](CCC(N)=O)C(=O)N[C@@H](CCCCN)C(=O)N[C@@H](CO)C(=O)N[C@@H](CCC(=O)O)C(=O)O. The first-order valence-corrected chi connectivity index (χ1v) is 23.2. The van der Waals surface area contributed by atoms with Crippen LogP contribution in [-0.2, 0) is 52.7 Å². The molecule has 1 saturated heterocycles. The highest BCUT2D eigenvalue weighted by molar-refractivity contribution is 5.98. The van der Waals surface area contributed by atoms with Crippen LogP contribution in [0.5, 0.6) is 0 Å². The van der Waals surface area contributed by atoms with Gasteiger partial charge in [-0.2, -0.15) is 0 Å². The van der Waals surface area contributed by atoms with Crippen molar-refractivity contribution >= 4 is 71.1 Å². The van der Waals surface area contributed by atoms with E-state index in [4.69, 9.17) is 33.8 Å². The number of hydrogen-bond donors (Lipinski definition) is 15. The molecule has 0 saturated carbocycles. The van der Waals surface area contributed by atoms with E-state index in [1.807, 2.05) is 0 Å². The Hall–Kier alpha value is -6.68. The van der Waals surface area contributed by atoms with E-state index < -0.39 is 151 Å². The fraction of sp³-hybridized carbons (Fsp3) is 0.714. The number of amides is 9. The summed E-state index contributed by atoms with van der Waals surface area (Å²) in [5.41, 5.74) is 27.5. The Labute approximate surface area is 405 Å². The monoisotopic (exact) mass is 999 g/mol. The van der Waals surface area contributed by atoms with Crippen LogP contribution < -0.4 is 65.9 Å². The maximum atomic E-state index is 13.9. The molecule has 0 aromatic carbocycles. The zero-order valence-electron chi connectivity index (χ0n) is 40.2. The van der Waals surface area contributed by atoms with Crippen molar-refractivity contribution in [3.63, 3.8) is 0 Å². The molecule has 28 nitrogen and oxygen atoms in total. The van der Waals surface area contributed by atoms with Crippen LogP contribution in [0.15, 0.2) is 4.99 Å². The van der Waals surface area contributed by atoms with Crippen molar-refractivity contribution in [1.29, 1.82) is 0 Å². The van der Waals surface area contributed by atoms with Gasteiger partial charge in [0.25, 0.3) is 0 Å². The third-order valence-electron chi connectivity index (χ3n) is 11.3. The fourth-order valence-electron chi connectivity index (χ4n) is 7.04. The molecule has 396 valence electrons. The van der Waals surface area contributed by atoms with Crippen LogP contribution in [0.4, 0.5) is 0 Å². The van der Waals surface area contributed by atoms with E-state index in [1.54, 1.807) is 13.8 Å². The molecule has 0 bridgehead atoms. The predicted molar refractivity (Wildman–Crippen MR) is 250 cm³/mol. The molecule has 9 amide bonds. The number of hydrogen-bond acceptors (Lipinski definition) is 15. The second-order valence-electron chi connectivity index (χ2n) is 17.1. The zero-order chi connectivity index (χ0) is 53.2. The molecule has 1 rings (SSSR count). The number of carboxylic acids is 2. The van der Waals surface area contributed by atoms with Crippen LogP contribution in [0.25, 0.3) is 0 Å². The number of nitrogens with two attached hydrogens (primary N) is 5. The number of aliphatic carboxylic acids is 2. The summed E-state index contributed by atoms with van der Waals surface area (Å²) in [6.45, 7) is 5.66. The molecule has 28 heteroatoms. The number of likely N-dealkylation sites (tertiary alicyclic amines) is 1. The summed E-state index contributed by atoms with van der Waals surface area (Å²) in [5.74, 6) is -11.2. The van der Waals surface area contributed by atoms with E-state index in [1.165, 1.54) is 18.7 Å². The second-order valence-corrected chi connectivity index (χ2v) is 17.1. The summed E-state index contributed by atoms with van der Waals surface area (Å²) in [7, 11) is 0. The van der Waals surface area contributed by atoms with Crippen molar-refractivity contribution in [3.05, 3.63) is 0 Å². The zero-order valence-corrected chi connectivity index (χ0v) is 40.2. The number of carbonyl (C=O) groups is 11. The van der Waals surface area contributed by atoms with Crippen LogP contribution in [-0.4, -0.2) is 172 Å². The Bertz CT molecular complexity index is 1870. The van der Waals surface area contributed by atoms with Gasteiger partial charge >= 0.3 is 11.9 Å². The number of carbonyl (C=O) groups excluding carboxylic acids is 9. The van der Waals surface area contributed by atoms with E-state index in [9.17, 15) is 63.0 Å². The number of nitrogens with one attached hydrogen (secondary N) is 7. The van der Waals surface area contributed by atoms with Gasteiger partial charge in [-0.15, -0.1) is 0 Å². The molecular weight excluding hydrogens is 925 g/mol. The van der Waals surface area contributed by atoms with Gasteiger partial charge in [-0.25, -0.2) is 4.79 Å². The van der Waals surface area contributed by atoms with Gasteiger partial charge < -0.3 is 86.1 Å². The van der Waals surface area contributed by atoms with Crippen molar-refractivity contribution in [2.24, 2.45) is 39.6 Å². The molecule has 0 radical (unpaired) electrons. The molecule has 1 fully saturated rings. The quantitative estimate of drug-likeness (QED) is 0.0165. The van der Waals surface area contributed by atoms with Gasteiger partial charge in [0.2, 0.25) is 53.2 Å². The standard InChI is InChI=1S/C42H74N14O14/c1-5-21(2)32(55-38(66)29-12-9-19-56(29)40(68)26(52-33(61)22(3)44)11-8-18-48-42(46)47)39(67)49-23(4)34(62)50-25(13-15-30(45)58)36(64)51-24(10-6-7-17-43)35(63)54-28(20-57)37(65)53-27(41(69)70)14-16-31(59)60/h21-29,32,57H,5-20,43-44H2,1-4H3,(H2,45,58)(H,49,67)(H,50,62)(H,51,64)(H,52,61)(H,53,65)(H,54,63)(H,55,66)(H,59,60)(H,69,70)(H4,46,47,48)/t21-,22-,23-,24-,25-,26-,27-,28-,29-,32-/m0/s1. The van der Waals surface area contributed by atoms with E-state index >= 15 is 0 Å². The summed E-state index contributed by atoms with van der Waals surface area (Å²) in [6.07, 6.45) is 0.0653. The number of rotatable bonds is 33. The first kappa shape index (κ1) is 61.3. The molecule has 0 aliphatic carbocycles. The van der Waals surface area contributed by atoms with E-state index in [2.05, 4.69) is 42.2 Å². The van der Waals surface area contributed by atoms with Gasteiger partial charge in [0.1, 0.15) is 48.3 Å². The summed E-state index contributed by atoms with van der Waals surface area (Å²) in [4.78, 5) is 148. The number of primary amides is 1. The van der Waals surface area contributed by atoms with Crippen molar-refractivity contribution in [2.75, 3.05) is 26.2 Å². The third-order valence-corrected chi connectivity index (χ3v) is 11.3. The summed E-state index contributed by atoms with van der Waals surface area (Å²) in [6, 6.07) is -12.1. The molecular formula is C42H74N14O14. The van der Waals surface area contributed by atoms with Gasteiger partial charge in [-0.1, -0.05) is 20.3 Å². The predicted octanol–water partition coefficient (Wildman–Crippen LogP) is -5.83. The lowest BCUT2D eigenvalue weighted by atomic mass is 9.97. The Kier molecular flexibility index (Phi) is 27.6. The van der Waals surface area contributed by atoms with Crippen LogP contribution in [0.1, 0.15) is 105 Å². The largest absolute Gasteiger partial charge is 0.481 e. The van der Waals surface area contributed by atoms with Gasteiger partial charge in [0, 0.05) is 25.9 Å². The maximum absolute atomic E-state index is 13.9. The Morgan fingerprint density at radius 2 is 1.20 bits per heavy atom. The molecule has 1 aliphatic heterocycles. The van der Waals surface area contributed by atoms with Crippen molar-refractivity contribution in [1.82, 2.24) is 42.1 Å². The lowest BCUT2D eigenvalue weighted by molar-refractivity contribution is -0.144. The molecule has 70 heavy (non-hydrogen) atoms. The molecule has 0 aromatic rings. The van der Waals surface area contributed by atoms with Crippen molar-refractivity contribution in [2.45, 2.75) is 159 Å². The van der Waals surface area contributed by atoms with Crippen LogP contribution >= 0.6 is 0 Å². The van der Waals surface area contributed by atoms with Crippen molar-refractivity contribution < 1.29 is 68.1 Å². The van der Waals surface area contributed by atoms with Crippen LogP contribution in [0.3, 0.4) is 0 Å². The summed E-state index contributed by atoms with van der Waals surface area (Å²) < 4.78 is 0. The molecule has 20 N–H and O–H groups in total. The van der Waals surface area contributed by atoms with Crippen LogP contribution in [0, 0.1) is 5.92 Å². The van der Waals surface area contributed by atoms with E-state index in [0.717, 1.165) is 0 Å². The Morgan fingerprint density at radius 1 is 0.657 bits per heavy atom. The molecule has 10 atom stereocenters. The summed E-state index contributed by atoms with van der Waals surface area (Å²) >= 11 is 0. The van der Waals surface area contributed by atoms with E-state index in [-0.39, 0.29) is 57.7 Å². The molecule has 1 aliphatic rings. The normalized spacial score (nSPS) is 17.0. The number of aliphatic imine (C=N–C) groups is 1. The molecule has 0 aromatic heterocycles. The fourth-order valence-corrected chi connectivity index (χ4v) is 7.04. The molecule has 1 heterocycles. The number of unbranched alkanes of at least 4 members (excludes halogenated alkanes) is 1. The minimum atomic E-state index is -1.75.